The van der Waals surface area contributed by atoms with Crippen LogP contribution in [0.1, 0.15) is 13.3 Å². The van der Waals surface area contributed by atoms with Crippen molar-refractivity contribution in [2.75, 3.05) is 0 Å². The predicted molar refractivity (Wildman–Crippen MR) is 48.9 cm³/mol. The van der Waals surface area contributed by atoms with Crippen molar-refractivity contribution in [3.63, 3.8) is 0 Å². The summed E-state index contributed by atoms with van der Waals surface area (Å²) in [7, 11) is 0. The van der Waals surface area contributed by atoms with Gasteiger partial charge in [0.2, 0.25) is 0 Å². The molecule has 0 unspecified atom stereocenters. The normalized spacial score (nSPS) is 20.5. The van der Waals surface area contributed by atoms with E-state index in [9.17, 15) is 0 Å². The van der Waals surface area contributed by atoms with Crippen LogP contribution in [0.25, 0.3) is 0 Å². The summed E-state index contributed by atoms with van der Waals surface area (Å²) in [5.41, 5.74) is 2.49. The Morgan fingerprint density at radius 3 is 2.91 bits per heavy atom. The van der Waals surface area contributed by atoms with E-state index < -0.39 is 0 Å². The van der Waals surface area contributed by atoms with E-state index >= 15 is 0 Å². The summed E-state index contributed by atoms with van der Waals surface area (Å²) >= 11 is 0. The first-order chi connectivity index (χ1) is 5.33. The van der Waals surface area contributed by atoms with Crippen molar-refractivity contribution in [2.45, 2.75) is 13.3 Å². The van der Waals surface area contributed by atoms with Crippen LogP contribution in [0.4, 0.5) is 0 Å². The molecule has 1 heterocycles. The molecule has 0 aromatic carbocycles. The van der Waals surface area contributed by atoms with Crippen LogP contribution in [0.2, 0.25) is 0 Å². The Morgan fingerprint density at radius 1 is 1.55 bits per heavy atom. The molecular formula is C10H13N. The summed E-state index contributed by atoms with van der Waals surface area (Å²) < 4.78 is 0. The van der Waals surface area contributed by atoms with E-state index in [0.29, 0.717) is 0 Å². The van der Waals surface area contributed by atoms with E-state index in [1.807, 2.05) is 12.2 Å². The van der Waals surface area contributed by atoms with Gasteiger partial charge in [-0.15, -0.1) is 0 Å². The molecule has 0 aromatic rings. The number of nitrogens with one attached hydrogen (secondary N) is 1. The highest BCUT2D eigenvalue weighted by atomic mass is 14.9. The van der Waals surface area contributed by atoms with Gasteiger partial charge in [-0.3, -0.25) is 0 Å². The number of hydrogen-bond acceptors (Lipinski definition) is 1. The maximum absolute atomic E-state index is 3.59. The van der Waals surface area contributed by atoms with Gasteiger partial charge in [0.05, 0.1) is 0 Å². The molecule has 58 valence electrons. The second-order valence-electron chi connectivity index (χ2n) is 2.53. The molecule has 1 nitrogen and oxygen atoms in total. The van der Waals surface area contributed by atoms with Gasteiger partial charge < -0.3 is 5.32 Å². The van der Waals surface area contributed by atoms with Crippen LogP contribution in [0, 0.1) is 0 Å². The summed E-state index contributed by atoms with van der Waals surface area (Å²) in [6.45, 7) is 5.66. The zero-order valence-electron chi connectivity index (χ0n) is 6.80. The zero-order chi connectivity index (χ0) is 8.10. The van der Waals surface area contributed by atoms with Crippen molar-refractivity contribution in [3.8, 4) is 0 Å². The Bertz CT molecular complexity index is 231. The molecule has 0 aliphatic carbocycles. The Morgan fingerprint density at radius 2 is 2.36 bits per heavy atom. The largest absolute Gasteiger partial charge is 0.363 e. The van der Waals surface area contributed by atoms with E-state index in [1.165, 1.54) is 11.4 Å². The standard InChI is InChI=1S/C10H13N/c1-3-4-5-6-10-8-7-9(2)11-10/h3-7,11H,1,8H2,2H3/b5-4-,10-6+. The lowest BCUT2D eigenvalue weighted by atomic mass is 10.3. The third-order valence-corrected chi connectivity index (χ3v) is 1.53. The van der Waals surface area contributed by atoms with Gasteiger partial charge in [-0.25, -0.2) is 0 Å². The Hall–Kier alpha value is -1.24. The van der Waals surface area contributed by atoms with Gasteiger partial charge in [-0.2, -0.15) is 0 Å². The molecule has 0 spiro atoms. The van der Waals surface area contributed by atoms with Crippen LogP contribution in [0.3, 0.4) is 0 Å². The topological polar surface area (TPSA) is 12.0 Å². The van der Waals surface area contributed by atoms with E-state index in [1.54, 1.807) is 6.08 Å². The van der Waals surface area contributed by atoms with Crippen LogP contribution < -0.4 is 5.32 Å². The fourth-order valence-corrected chi connectivity index (χ4v) is 0.978. The molecule has 0 radical (unpaired) electrons. The first-order valence-electron chi connectivity index (χ1n) is 3.75. The summed E-state index contributed by atoms with van der Waals surface area (Å²) in [5.74, 6) is 0. The highest BCUT2D eigenvalue weighted by Gasteiger charge is 2.01. The molecule has 0 bridgehead atoms. The highest BCUT2D eigenvalue weighted by Crippen LogP contribution is 2.10. The quantitative estimate of drug-likeness (QED) is 0.592. The number of hydrogen-bond donors (Lipinski definition) is 1. The predicted octanol–water partition coefficient (Wildman–Crippen LogP) is 2.51. The molecule has 1 aliphatic heterocycles. The molecule has 0 saturated carbocycles. The first-order valence-corrected chi connectivity index (χ1v) is 3.75. The summed E-state index contributed by atoms with van der Waals surface area (Å²) in [6.07, 6.45) is 10.9. The lowest BCUT2D eigenvalue weighted by Gasteiger charge is -1.97. The summed E-state index contributed by atoms with van der Waals surface area (Å²) in [4.78, 5) is 0. The van der Waals surface area contributed by atoms with Crippen LogP contribution in [0.15, 0.2) is 48.4 Å². The molecule has 0 atom stereocenters. The van der Waals surface area contributed by atoms with Crippen molar-refractivity contribution in [1.29, 1.82) is 0 Å². The Labute approximate surface area is 67.8 Å². The molecule has 0 aromatic heterocycles. The monoisotopic (exact) mass is 147 g/mol. The van der Waals surface area contributed by atoms with Crippen LogP contribution in [0.5, 0.6) is 0 Å². The lowest BCUT2D eigenvalue weighted by molar-refractivity contribution is 1.01. The maximum Gasteiger partial charge on any atom is 0.0187 e. The molecule has 1 rings (SSSR count). The summed E-state index contributed by atoms with van der Waals surface area (Å²) in [6, 6.07) is 0. The van der Waals surface area contributed by atoms with Gasteiger partial charge in [-0.05, 0) is 13.0 Å². The van der Waals surface area contributed by atoms with Crippen LogP contribution in [-0.4, -0.2) is 0 Å². The van der Waals surface area contributed by atoms with E-state index in [2.05, 4.69) is 31.0 Å². The Kier molecular flexibility index (Phi) is 2.73. The third kappa shape index (κ3) is 2.46. The molecule has 11 heavy (non-hydrogen) atoms. The minimum atomic E-state index is 1.02. The van der Waals surface area contributed by atoms with Crippen molar-refractivity contribution in [2.24, 2.45) is 0 Å². The van der Waals surface area contributed by atoms with Gasteiger partial charge in [0.1, 0.15) is 0 Å². The SMILES string of the molecule is C=C/C=C\C=C1/CC=C(C)N1. The Balaban J connectivity index is 2.45. The molecule has 1 heteroatoms. The molecule has 0 saturated heterocycles. The summed E-state index contributed by atoms with van der Waals surface area (Å²) in [5, 5.41) is 3.25. The fourth-order valence-electron chi connectivity index (χ4n) is 0.978. The highest BCUT2D eigenvalue weighted by molar-refractivity contribution is 5.25. The second kappa shape index (κ2) is 3.81. The van der Waals surface area contributed by atoms with E-state index in [4.69, 9.17) is 0 Å². The van der Waals surface area contributed by atoms with Crippen LogP contribution >= 0.6 is 0 Å². The van der Waals surface area contributed by atoms with Gasteiger partial charge in [0.15, 0.2) is 0 Å². The van der Waals surface area contributed by atoms with Crippen molar-refractivity contribution >= 4 is 0 Å². The van der Waals surface area contributed by atoms with Crippen LogP contribution in [-0.2, 0) is 0 Å². The maximum atomic E-state index is 3.59. The van der Waals surface area contributed by atoms with Gasteiger partial charge in [0, 0.05) is 17.8 Å². The second-order valence-corrected chi connectivity index (χ2v) is 2.53. The minimum Gasteiger partial charge on any atom is -0.363 e. The number of allylic oxidation sites excluding steroid dienone is 6. The van der Waals surface area contributed by atoms with Gasteiger partial charge >= 0.3 is 0 Å². The smallest absolute Gasteiger partial charge is 0.0187 e. The molecule has 1 aliphatic rings. The van der Waals surface area contributed by atoms with Gasteiger partial charge in [-0.1, -0.05) is 30.9 Å². The molecule has 0 amide bonds. The zero-order valence-corrected chi connectivity index (χ0v) is 6.80. The number of rotatable bonds is 2. The lowest BCUT2D eigenvalue weighted by Crippen LogP contribution is -2.01. The van der Waals surface area contributed by atoms with Gasteiger partial charge in [0.25, 0.3) is 0 Å². The fraction of sp³-hybridized carbons (Fsp3) is 0.200. The molecule has 1 N–H and O–H groups in total. The molecular weight excluding hydrogens is 134 g/mol. The molecule has 0 fully saturated rings. The minimum absolute atomic E-state index is 1.02. The third-order valence-electron chi connectivity index (χ3n) is 1.53. The average molecular weight is 147 g/mol. The average Bonchev–Trinajstić information content (AvgIpc) is 2.37. The van der Waals surface area contributed by atoms with Crippen molar-refractivity contribution in [1.82, 2.24) is 5.32 Å². The van der Waals surface area contributed by atoms with E-state index in [-0.39, 0.29) is 0 Å². The van der Waals surface area contributed by atoms with Crippen molar-refractivity contribution < 1.29 is 0 Å². The van der Waals surface area contributed by atoms with Crippen molar-refractivity contribution in [3.05, 3.63) is 48.4 Å². The van der Waals surface area contributed by atoms with E-state index in [0.717, 1.165) is 6.42 Å². The first kappa shape index (κ1) is 7.86.